The minimum atomic E-state index is -0.885. The summed E-state index contributed by atoms with van der Waals surface area (Å²) in [6, 6.07) is 3.80. The van der Waals surface area contributed by atoms with E-state index in [1.165, 1.54) is 6.07 Å². The summed E-state index contributed by atoms with van der Waals surface area (Å²) in [4.78, 5) is 28.8. The lowest BCUT2D eigenvalue weighted by Crippen LogP contribution is -2.49. The highest BCUT2D eigenvalue weighted by Gasteiger charge is 2.48. The van der Waals surface area contributed by atoms with Crippen LogP contribution >= 0.6 is 0 Å². The summed E-state index contributed by atoms with van der Waals surface area (Å²) in [5.74, 6) is -1.63. The van der Waals surface area contributed by atoms with Gasteiger partial charge in [0.25, 0.3) is 0 Å². The van der Waals surface area contributed by atoms with Crippen molar-refractivity contribution in [3.63, 3.8) is 0 Å². The molecule has 7 heteroatoms. The SMILES string of the molecule is CCNC(=O)CCN1CCC2(CCCN(Cc3ccc(F)c(F)c3)C2=O)C1. The third-order valence-electron chi connectivity index (χ3n) is 5.64. The molecule has 0 aromatic heterocycles. The molecule has 0 aliphatic carbocycles. The average Bonchev–Trinajstić information content (AvgIpc) is 3.05. The first-order valence-electron chi connectivity index (χ1n) is 9.66. The summed E-state index contributed by atoms with van der Waals surface area (Å²) < 4.78 is 26.6. The first-order valence-corrected chi connectivity index (χ1v) is 9.66. The van der Waals surface area contributed by atoms with Crippen LogP contribution in [0.5, 0.6) is 0 Å². The third kappa shape index (κ3) is 4.46. The van der Waals surface area contributed by atoms with Gasteiger partial charge in [0.15, 0.2) is 11.6 Å². The maximum atomic E-state index is 13.5. The Bertz CT molecular complexity index is 712. The number of piperidine rings is 1. The number of nitrogens with zero attached hydrogens (tertiary/aromatic N) is 2. The summed E-state index contributed by atoms with van der Waals surface area (Å²) in [6.45, 7) is 5.59. The molecule has 148 valence electrons. The van der Waals surface area contributed by atoms with Crippen LogP contribution in [-0.4, -0.2) is 54.3 Å². The fraction of sp³-hybridized carbons (Fsp3) is 0.600. The molecule has 0 saturated carbocycles. The van der Waals surface area contributed by atoms with Crippen LogP contribution in [0.4, 0.5) is 8.78 Å². The van der Waals surface area contributed by atoms with Crippen LogP contribution in [-0.2, 0) is 16.1 Å². The van der Waals surface area contributed by atoms with E-state index >= 15 is 0 Å². The van der Waals surface area contributed by atoms with Gasteiger partial charge in [-0.1, -0.05) is 6.07 Å². The highest BCUT2D eigenvalue weighted by molar-refractivity contribution is 5.84. The quantitative estimate of drug-likeness (QED) is 0.825. The van der Waals surface area contributed by atoms with E-state index in [1.54, 1.807) is 4.90 Å². The van der Waals surface area contributed by atoms with Crippen LogP contribution in [0.15, 0.2) is 18.2 Å². The van der Waals surface area contributed by atoms with E-state index in [9.17, 15) is 18.4 Å². The maximum Gasteiger partial charge on any atom is 0.230 e. The van der Waals surface area contributed by atoms with Gasteiger partial charge >= 0.3 is 0 Å². The van der Waals surface area contributed by atoms with Crippen molar-refractivity contribution in [3.8, 4) is 0 Å². The smallest absolute Gasteiger partial charge is 0.230 e. The third-order valence-corrected chi connectivity index (χ3v) is 5.64. The van der Waals surface area contributed by atoms with E-state index in [0.29, 0.717) is 44.7 Å². The number of carbonyl (C=O) groups is 2. The van der Waals surface area contributed by atoms with Gasteiger partial charge in [0, 0.05) is 39.1 Å². The number of amides is 2. The van der Waals surface area contributed by atoms with E-state index in [0.717, 1.165) is 37.9 Å². The lowest BCUT2D eigenvalue weighted by atomic mass is 9.78. The highest BCUT2D eigenvalue weighted by Crippen LogP contribution is 2.40. The molecule has 0 radical (unpaired) electrons. The molecule has 0 bridgehead atoms. The second kappa shape index (κ2) is 8.33. The Hall–Kier alpha value is -2.02. The van der Waals surface area contributed by atoms with Gasteiger partial charge in [-0.25, -0.2) is 8.78 Å². The van der Waals surface area contributed by atoms with Crippen molar-refractivity contribution in [2.75, 3.05) is 32.7 Å². The normalized spacial score (nSPS) is 23.2. The molecule has 1 spiro atoms. The van der Waals surface area contributed by atoms with E-state index in [-0.39, 0.29) is 11.8 Å². The fourth-order valence-corrected chi connectivity index (χ4v) is 4.23. The van der Waals surface area contributed by atoms with Crippen molar-refractivity contribution in [3.05, 3.63) is 35.4 Å². The summed E-state index contributed by atoms with van der Waals surface area (Å²) in [7, 11) is 0. The number of benzene rings is 1. The first-order chi connectivity index (χ1) is 12.9. The molecule has 1 N–H and O–H groups in total. The van der Waals surface area contributed by atoms with Crippen LogP contribution in [0, 0.1) is 17.0 Å². The minimum Gasteiger partial charge on any atom is -0.356 e. The van der Waals surface area contributed by atoms with Gasteiger partial charge in [-0.05, 0) is 50.4 Å². The molecule has 2 aliphatic heterocycles. The predicted molar refractivity (Wildman–Crippen MR) is 97.8 cm³/mol. The largest absolute Gasteiger partial charge is 0.356 e. The zero-order valence-corrected chi connectivity index (χ0v) is 15.8. The molecule has 2 aliphatic rings. The Morgan fingerprint density at radius 3 is 2.78 bits per heavy atom. The number of likely N-dealkylation sites (tertiary alicyclic amines) is 2. The van der Waals surface area contributed by atoms with Crippen LogP contribution < -0.4 is 5.32 Å². The molecule has 2 heterocycles. The van der Waals surface area contributed by atoms with Crippen molar-refractivity contribution < 1.29 is 18.4 Å². The van der Waals surface area contributed by atoms with Gasteiger partial charge in [-0.15, -0.1) is 0 Å². The van der Waals surface area contributed by atoms with Crippen LogP contribution in [0.3, 0.4) is 0 Å². The van der Waals surface area contributed by atoms with Gasteiger partial charge in [-0.3, -0.25) is 9.59 Å². The molecule has 2 saturated heterocycles. The predicted octanol–water partition coefficient (Wildman–Crippen LogP) is 2.31. The zero-order chi connectivity index (χ0) is 19.4. The topological polar surface area (TPSA) is 52.7 Å². The van der Waals surface area contributed by atoms with Crippen molar-refractivity contribution in [2.45, 2.75) is 39.2 Å². The van der Waals surface area contributed by atoms with Crippen LogP contribution in [0.25, 0.3) is 0 Å². The average molecular weight is 379 g/mol. The van der Waals surface area contributed by atoms with E-state index < -0.39 is 17.0 Å². The molecular formula is C20H27F2N3O2. The van der Waals surface area contributed by atoms with Crippen molar-refractivity contribution in [2.24, 2.45) is 5.41 Å². The molecule has 1 aromatic rings. The Balaban J connectivity index is 1.61. The molecule has 2 amide bonds. The number of halogens is 2. The number of carbonyl (C=O) groups excluding carboxylic acids is 2. The minimum absolute atomic E-state index is 0.0355. The van der Waals surface area contributed by atoms with Crippen LogP contribution in [0.1, 0.15) is 38.2 Å². The van der Waals surface area contributed by atoms with Crippen molar-refractivity contribution in [1.29, 1.82) is 0 Å². The Labute approximate surface area is 158 Å². The lowest BCUT2D eigenvalue weighted by molar-refractivity contribution is -0.146. The second-order valence-electron chi connectivity index (χ2n) is 7.59. The maximum absolute atomic E-state index is 13.5. The Kier molecular flexibility index (Phi) is 6.09. The molecule has 5 nitrogen and oxygen atoms in total. The molecule has 1 aromatic carbocycles. The van der Waals surface area contributed by atoms with Crippen LogP contribution in [0.2, 0.25) is 0 Å². The van der Waals surface area contributed by atoms with E-state index in [4.69, 9.17) is 0 Å². The Morgan fingerprint density at radius 1 is 1.22 bits per heavy atom. The molecule has 27 heavy (non-hydrogen) atoms. The number of hydrogen-bond acceptors (Lipinski definition) is 3. The summed E-state index contributed by atoms with van der Waals surface area (Å²) in [5, 5.41) is 2.79. The summed E-state index contributed by atoms with van der Waals surface area (Å²) in [6.07, 6.45) is 2.98. The monoisotopic (exact) mass is 379 g/mol. The fourth-order valence-electron chi connectivity index (χ4n) is 4.23. The summed E-state index contributed by atoms with van der Waals surface area (Å²) in [5.41, 5.74) is 0.198. The van der Waals surface area contributed by atoms with Gasteiger partial charge in [0.1, 0.15) is 0 Å². The van der Waals surface area contributed by atoms with E-state index in [2.05, 4.69) is 10.2 Å². The first kappa shape index (κ1) is 19.7. The second-order valence-corrected chi connectivity index (χ2v) is 7.59. The van der Waals surface area contributed by atoms with E-state index in [1.807, 2.05) is 6.92 Å². The highest BCUT2D eigenvalue weighted by atomic mass is 19.2. The number of hydrogen-bond donors (Lipinski definition) is 1. The van der Waals surface area contributed by atoms with Crippen molar-refractivity contribution in [1.82, 2.24) is 15.1 Å². The molecule has 1 atom stereocenters. The standard InChI is InChI=1S/C20H27F2N3O2/c1-2-23-18(26)6-10-24-11-8-20(14-24)7-3-9-25(19(20)27)13-15-4-5-16(21)17(22)12-15/h4-5,12H,2-3,6-11,13-14H2,1H3,(H,23,26). The van der Waals surface area contributed by atoms with Crippen molar-refractivity contribution >= 4 is 11.8 Å². The van der Waals surface area contributed by atoms with Gasteiger partial charge in [0.05, 0.1) is 5.41 Å². The summed E-state index contributed by atoms with van der Waals surface area (Å²) >= 11 is 0. The van der Waals surface area contributed by atoms with Gasteiger partial charge in [-0.2, -0.15) is 0 Å². The lowest BCUT2D eigenvalue weighted by Gasteiger charge is -2.39. The van der Waals surface area contributed by atoms with Gasteiger partial charge in [0.2, 0.25) is 11.8 Å². The molecular weight excluding hydrogens is 352 g/mol. The molecule has 3 rings (SSSR count). The molecule has 1 unspecified atom stereocenters. The van der Waals surface area contributed by atoms with Gasteiger partial charge < -0.3 is 15.1 Å². The number of rotatable bonds is 6. The molecule has 2 fully saturated rings. The number of nitrogens with one attached hydrogen (secondary N) is 1. The Morgan fingerprint density at radius 2 is 2.04 bits per heavy atom. The zero-order valence-electron chi connectivity index (χ0n) is 15.8.